The molecule has 0 aromatic heterocycles. The van der Waals surface area contributed by atoms with Gasteiger partial charge in [-0.1, -0.05) is 0 Å². The van der Waals surface area contributed by atoms with Crippen molar-refractivity contribution in [1.29, 1.82) is 0 Å². The van der Waals surface area contributed by atoms with Gasteiger partial charge in [-0.25, -0.2) is 0 Å². The van der Waals surface area contributed by atoms with Crippen molar-refractivity contribution < 1.29 is 0 Å². The topological polar surface area (TPSA) is 0 Å². The molecular weight excluding hydrogens is 169 g/mol. The van der Waals surface area contributed by atoms with Crippen LogP contribution in [0.4, 0.5) is 0 Å². The molecule has 1 heteroatoms. The van der Waals surface area contributed by atoms with Gasteiger partial charge < -0.3 is 0 Å². The Morgan fingerprint density at radius 1 is 1.22 bits per heavy atom. The predicted octanol–water partition coefficient (Wildman–Crippen LogP) is 0.830. The van der Waals surface area contributed by atoms with E-state index in [0.29, 0.717) is 0 Å². The summed E-state index contributed by atoms with van der Waals surface area (Å²) < 4.78 is 1.44. The van der Waals surface area contributed by atoms with Crippen molar-refractivity contribution in [3.05, 3.63) is 29.3 Å². The zero-order valence-electron chi connectivity index (χ0n) is 5.81. The minimum absolute atomic E-state index is 1.36. The van der Waals surface area contributed by atoms with Crippen LogP contribution in [-0.4, -0.2) is 16.5 Å². The molecule has 0 aliphatic carbocycles. The molecule has 0 aliphatic rings. The van der Waals surface area contributed by atoms with Gasteiger partial charge in [0.05, 0.1) is 0 Å². The van der Waals surface area contributed by atoms with Gasteiger partial charge in [0.2, 0.25) is 0 Å². The summed E-state index contributed by atoms with van der Waals surface area (Å²) in [5, 5.41) is 0. The summed E-state index contributed by atoms with van der Waals surface area (Å²) in [5.41, 5.74) is 2.77. The van der Waals surface area contributed by atoms with Crippen molar-refractivity contribution in [1.82, 2.24) is 0 Å². The third-order valence-corrected chi connectivity index (χ3v) is 2.78. The summed E-state index contributed by atoms with van der Waals surface area (Å²) in [4.78, 5) is 0. The van der Waals surface area contributed by atoms with Crippen LogP contribution in [-0.2, 0) is 0 Å². The molecule has 1 rings (SSSR count). The van der Waals surface area contributed by atoms with Gasteiger partial charge in [-0.3, -0.25) is 0 Å². The number of hydrogen-bond acceptors (Lipinski definition) is 0. The maximum atomic E-state index is 2.22. The molecule has 9 heavy (non-hydrogen) atoms. The normalized spacial score (nSPS) is 9.67. The Bertz CT molecular complexity index is 216. The van der Waals surface area contributed by atoms with Crippen LogP contribution in [0.5, 0.6) is 0 Å². The van der Waals surface area contributed by atoms with Crippen LogP contribution in [0.3, 0.4) is 0 Å². The molecule has 1 aromatic rings. The average Bonchev–Trinajstić information content (AvgIpc) is 1.80. The zero-order valence-corrected chi connectivity index (χ0v) is 8.23. The molecule has 0 aliphatic heterocycles. The van der Waals surface area contributed by atoms with Crippen molar-refractivity contribution in [2.24, 2.45) is 0 Å². The second kappa shape index (κ2) is 2.57. The van der Waals surface area contributed by atoms with Crippen molar-refractivity contribution in [2.45, 2.75) is 13.8 Å². The molecule has 1 aromatic carbocycles. The summed E-state index contributed by atoms with van der Waals surface area (Å²) in [6.45, 7) is 4.28. The Morgan fingerprint density at radius 2 is 1.89 bits per heavy atom. The third kappa shape index (κ3) is 1.58. The third-order valence-electron chi connectivity index (χ3n) is 1.43. The van der Waals surface area contributed by atoms with Crippen LogP contribution in [0.15, 0.2) is 18.2 Å². The quantitative estimate of drug-likeness (QED) is 0.517. The molecule has 0 N–H and O–H groups in total. The fourth-order valence-corrected chi connectivity index (χ4v) is 1.20. The monoisotopic (exact) mass is 180 g/mol. The summed E-state index contributed by atoms with van der Waals surface area (Å²) in [5.74, 6) is 0. The molecule has 0 bridgehead atoms. The molecule has 0 unspecified atom stereocenters. The van der Waals surface area contributed by atoms with Gasteiger partial charge in [0.25, 0.3) is 0 Å². The Kier molecular flexibility index (Phi) is 1.96. The predicted molar refractivity (Wildman–Crippen MR) is 42.7 cm³/mol. The van der Waals surface area contributed by atoms with Crippen LogP contribution >= 0.6 is 0 Å². The first kappa shape index (κ1) is 6.88. The molecular formula is C8H10Ge. The van der Waals surface area contributed by atoms with E-state index in [1.165, 1.54) is 15.5 Å². The Balaban J connectivity index is 3.17. The molecule has 0 saturated heterocycles. The van der Waals surface area contributed by atoms with E-state index in [4.69, 9.17) is 0 Å². The zero-order chi connectivity index (χ0) is 6.85. The summed E-state index contributed by atoms with van der Waals surface area (Å²) in [7, 11) is 0. The average molecular weight is 179 g/mol. The van der Waals surface area contributed by atoms with Crippen LogP contribution < -0.4 is 4.40 Å². The molecule has 0 heterocycles. The molecule has 0 amide bonds. The molecule has 2 radical (unpaired) electrons. The van der Waals surface area contributed by atoms with E-state index < -0.39 is 0 Å². The van der Waals surface area contributed by atoms with Gasteiger partial charge in [-0.15, -0.1) is 0 Å². The fraction of sp³-hybridized carbons (Fsp3) is 0.250. The van der Waals surface area contributed by atoms with Gasteiger partial charge in [-0.05, 0) is 0 Å². The van der Waals surface area contributed by atoms with Gasteiger partial charge in [0.1, 0.15) is 0 Å². The second-order valence-electron chi connectivity index (χ2n) is 2.36. The van der Waals surface area contributed by atoms with Crippen LogP contribution in [0, 0.1) is 13.8 Å². The molecule has 0 spiro atoms. The van der Waals surface area contributed by atoms with E-state index in [9.17, 15) is 0 Å². The van der Waals surface area contributed by atoms with Crippen molar-refractivity contribution in [3.63, 3.8) is 0 Å². The first-order valence-electron chi connectivity index (χ1n) is 3.03. The first-order chi connectivity index (χ1) is 4.20. The standard InChI is InChI=1S/C8H10Ge/c1-6-3-4-8(9)7(2)5-6/h3-5,9H,1-2H3. The molecule has 0 fully saturated rings. The second-order valence-corrected chi connectivity index (χ2v) is 3.67. The Labute approximate surface area is 64.5 Å². The SMILES string of the molecule is Cc1cc[c]([GeH])c(C)c1. The Hall–Kier alpha value is -0.237. The van der Waals surface area contributed by atoms with Gasteiger partial charge in [0.15, 0.2) is 0 Å². The summed E-state index contributed by atoms with van der Waals surface area (Å²) in [6.07, 6.45) is 0. The van der Waals surface area contributed by atoms with Gasteiger partial charge in [0, 0.05) is 0 Å². The van der Waals surface area contributed by atoms with E-state index in [1.807, 2.05) is 0 Å². The van der Waals surface area contributed by atoms with Crippen LogP contribution in [0.2, 0.25) is 0 Å². The number of rotatable bonds is 0. The van der Waals surface area contributed by atoms with E-state index in [0.717, 1.165) is 0 Å². The summed E-state index contributed by atoms with van der Waals surface area (Å²) in [6, 6.07) is 6.56. The van der Waals surface area contributed by atoms with Crippen molar-refractivity contribution >= 4 is 20.9 Å². The molecule has 0 atom stereocenters. The number of aryl methyl sites for hydroxylation is 2. The van der Waals surface area contributed by atoms with Gasteiger partial charge in [-0.2, -0.15) is 0 Å². The summed E-state index contributed by atoms with van der Waals surface area (Å²) >= 11 is 1.70. The van der Waals surface area contributed by atoms with Crippen molar-refractivity contribution in [2.75, 3.05) is 0 Å². The molecule has 0 nitrogen and oxygen atoms in total. The molecule has 46 valence electrons. The van der Waals surface area contributed by atoms with Crippen LogP contribution in [0.1, 0.15) is 11.1 Å². The van der Waals surface area contributed by atoms with E-state index in [-0.39, 0.29) is 0 Å². The van der Waals surface area contributed by atoms with E-state index >= 15 is 0 Å². The minimum atomic E-state index is 1.36. The Morgan fingerprint density at radius 3 is 2.33 bits per heavy atom. The van der Waals surface area contributed by atoms with E-state index in [2.05, 4.69) is 32.0 Å². The van der Waals surface area contributed by atoms with Crippen molar-refractivity contribution in [3.8, 4) is 0 Å². The first-order valence-corrected chi connectivity index (χ1v) is 4.24. The van der Waals surface area contributed by atoms with Gasteiger partial charge >= 0.3 is 64.1 Å². The molecule has 0 saturated carbocycles. The number of benzene rings is 1. The van der Waals surface area contributed by atoms with E-state index in [1.54, 1.807) is 16.5 Å². The maximum absolute atomic E-state index is 2.22. The number of hydrogen-bond donors (Lipinski definition) is 0. The van der Waals surface area contributed by atoms with Crippen LogP contribution in [0.25, 0.3) is 0 Å². The fourth-order valence-electron chi connectivity index (χ4n) is 0.826.